The lowest BCUT2D eigenvalue weighted by molar-refractivity contribution is -0.146. The molecule has 0 radical (unpaired) electrons. The van der Waals surface area contributed by atoms with Crippen molar-refractivity contribution in [3.05, 3.63) is 0 Å². The molecule has 3 heteroatoms. The molecular weight excluding hydrogens is 202 g/mol. The molecule has 0 aromatic heterocycles. The molecule has 0 aromatic rings. The number of carbonyl (C=O) groups excluding carboxylic acids is 1. The van der Waals surface area contributed by atoms with Gasteiger partial charge in [0.1, 0.15) is 0 Å². The predicted octanol–water partition coefficient (Wildman–Crippen LogP) is 2.06. The van der Waals surface area contributed by atoms with Gasteiger partial charge in [0, 0.05) is 19.1 Å². The Morgan fingerprint density at radius 3 is 2.50 bits per heavy atom. The van der Waals surface area contributed by atoms with Crippen molar-refractivity contribution >= 4 is 5.97 Å². The molecule has 2 atom stereocenters. The summed E-state index contributed by atoms with van der Waals surface area (Å²) in [6.07, 6.45) is 6.75. The van der Waals surface area contributed by atoms with Crippen molar-refractivity contribution < 1.29 is 9.53 Å². The average molecular weight is 225 g/mol. The normalized spacial score (nSPS) is 32.9. The maximum atomic E-state index is 11.6. The summed E-state index contributed by atoms with van der Waals surface area (Å²) in [5.41, 5.74) is 0. The van der Waals surface area contributed by atoms with Gasteiger partial charge in [0.15, 0.2) is 0 Å². The standard InChI is InChI=1S/C13H23NO2/c1-10-8-14(9-12(10)13(15)16-2)11-6-4-3-5-7-11/h10-12H,3-9H2,1-2H3. The molecule has 2 rings (SSSR count). The van der Waals surface area contributed by atoms with Crippen LogP contribution in [0.3, 0.4) is 0 Å². The largest absolute Gasteiger partial charge is 0.469 e. The van der Waals surface area contributed by atoms with E-state index in [9.17, 15) is 4.79 Å². The number of hydrogen-bond acceptors (Lipinski definition) is 3. The lowest BCUT2D eigenvalue weighted by atomic mass is 9.94. The first-order chi connectivity index (χ1) is 7.72. The topological polar surface area (TPSA) is 29.5 Å². The number of methoxy groups -OCH3 is 1. The third kappa shape index (κ3) is 2.40. The maximum absolute atomic E-state index is 11.6. The molecule has 1 saturated heterocycles. The molecule has 1 heterocycles. The predicted molar refractivity (Wildman–Crippen MR) is 63.1 cm³/mol. The summed E-state index contributed by atoms with van der Waals surface area (Å²) in [6.45, 7) is 4.16. The van der Waals surface area contributed by atoms with Crippen LogP contribution in [-0.2, 0) is 9.53 Å². The number of rotatable bonds is 2. The molecule has 2 fully saturated rings. The molecular formula is C13H23NO2. The van der Waals surface area contributed by atoms with Crippen LogP contribution in [-0.4, -0.2) is 37.1 Å². The second-order valence-corrected chi connectivity index (χ2v) is 5.35. The van der Waals surface area contributed by atoms with Crippen LogP contribution in [0.1, 0.15) is 39.0 Å². The first kappa shape index (κ1) is 11.9. The van der Waals surface area contributed by atoms with Gasteiger partial charge in [0.25, 0.3) is 0 Å². The third-order valence-corrected chi connectivity index (χ3v) is 4.24. The third-order valence-electron chi connectivity index (χ3n) is 4.24. The Morgan fingerprint density at radius 1 is 1.19 bits per heavy atom. The van der Waals surface area contributed by atoms with Gasteiger partial charge in [-0.2, -0.15) is 0 Å². The Balaban J connectivity index is 1.92. The molecule has 1 aliphatic carbocycles. The zero-order valence-electron chi connectivity index (χ0n) is 10.4. The van der Waals surface area contributed by atoms with E-state index in [2.05, 4.69) is 11.8 Å². The van der Waals surface area contributed by atoms with Gasteiger partial charge in [0.2, 0.25) is 0 Å². The molecule has 0 aromatic carbocycles. The molecule has 2 aliphatic rings. The first-order valence-corrected chi connectivity index (χ1v) is 6.54. The fourth-order valence-corrected chi connectivity index (χ4v) is 3.21. The van der Waals surface area contributed by atoms with Crippen LogP contribution in [0.25, 0.3) is 0 Å². The number of nitrogens with zero attached hydrogens (tertiary/aromatic N) is 1. The van der Waals surface area contributed by atoms with Gasteiger partial charge in [-0.05, 0) is 18.8 Å². The van der Waals surface area contributed by atoms with Crippen molar-refractivity contribution in [1.82, 2.24) is 4.90 Å². The zero-order chi connectivity index (χ0) is 11.5. The van der Waals surface area contributed by atoms with Crippen LogP contribution < -0.4 is 0 Å². The Labute approximate surface area is 98.1 Å². The van der Waals surface area contributed by atoms with E-state index in [0.717, 1.165) is 19.1 Å². The van der Waals surface area contributed by atoms with E-state index < -0.39 is 0 Å². The molecule has 1 aliphatic heterocycles. The van der Waals surface area contributed by atoms with Crippen molar-refractivity contribution in [1.29, 1.82) is 0 Å². The summed E-state index contributed by atoms with van der Waals surface area (Å²) in [5, 5.41) is 0. The van der Waals surface area contributed by atoms with Crippen molar-refractivity contribution in [3.8, 4) is 0 Å². The number of hydrogen-bond donors (Lipinski definition) is 0. The lowest BCUT2D eigenvalue weighted by Crippen LogP contribution is -2.35. The molecule has 92 valence electrons. The number of esters is 1. The number of ether oxygens (including phenoxy) is 1. The minimum Gasteiger partial charge on any atom is -0.469 e. The summed E-state index contributed by atoms with van der Waals surface area (Å²) < 4.78 is 4.87. The molecule has 0 spiro atoms. The summed E-state index contributed by atoms with van der Waals surface area (Å²) in [5.74, 6) is 0.534. The molecule has 16 heavy (non-hydrogen) atoms. The molecule has 3 nitrogen and oxygen atoms in total. The summed E-state index contributed by atoms with van der Waals surface area (Å²) >= 11 is 0. The Bertz CT molecular complexity index is 248. The van der Waals surface area contributed by atoms with Crippen LogP contribution in [0.15, 0.2) is 0 Å². The monoisotopic (exact) mass is 225 g/mol. The van der Waals surface area contributed by atoms with Gasteiger partial charge in [-0.25, -0.2) is 0 Å². The minimum atomic E-state index is -0.0224. The Kier molecular flexibility index (Phi) is 3.85. The highest BCUT2D eigenvalue weighted by Gasteiger charge is 2.38. The van der Waals surface area contributed by atoms with Gasteiger partial charge in [-0.3, -0.25) is 9.69 Å². The van der Waals surface area contributed by atoms with Gasteiger partial charge in [-0.15, -0.1) is 0 Å². The van der Waals surface area contributed by atoms with Gasteiger partial charge in [0.05, 0.1) is 13.0 Å². The average Bonchev–Trinajstić information content (AvgIpc) is 2.71. The van der Waals surface area contributed by atoms with Crippen molar-refractivity contribution in [2.45, 2.75) is 45.1 Å². The molecule has 2 unspecified atom stereocenters. The molecule has 0 N–H and O–H groups in total. The summed E-state index contributed by atoms with van der Waals surface area (Å²) in [4.78, 5) is 14.1. The van der Waals surface area contributed by atoms with Crippen molar-refractivity contribution in [2.75, 3.05) is 20.2 Å². The van der Waals surface area contributed by atoms with Crippen molar-refractivity contribution in [2.24, 2.45) is 11.8 Å². The molecule has 0 amide bonds. The van der Waals surface area contributed by atoms with E-state index in [0.29, 0.717) is 5.92 Å². The fourth-order valence-electron chi connectivity index (χ4n) is 3.21. The summed E-state index contributed by atoms with van der Waals surface area (Å²) in [7, 11) is 1.50. The van der Waals surface area contributed by atoms with Crippen molar-refractivity contribution in [3.63, 3.8) is 0 Å². The molecule has 1 saturated carbocycles. The second-order valence-electron chi connectivity index (χ2n) is 5.35. The maximum Gasteiger partial charge on any atom is 0.310 e. The Hall–Kier alpha value is -0.570. The van der Waals surface area contributed by atoms with E-state index >= 15 is 0 Å². The van der Waals surface area contributed by atoms with E-state index in [4.69, 9.17) is 4.74 Å². The van der Waals surface area contributed by atoms with Crippen LogP contribution >= 0.6 is 0 Å². The SMILES string of the molecule is COC(=O)C1CN(C2CCCCC2)CC1C. The molecule has 0 bridgehead atoms. The first-order valence-electron chi connectivity index (χ1n) is 6.54. The summed E-state index contributed by atoms with van der Waals surface area (Å²) in [6, 6.07) is 0.728. The Morgan fingerprint density at radius 2 is 1.88 bits per heavy atom. The highest BCUT2D eigenvalue weighted by Crippen LogP contribution is 2.31. The fraction of sp³-hybridized carbons (Fsp3) is 0.923. The van der Waals surface area contributed by atoms with Crippen LogP contribution in [0, 0.1) is 11.8 Å². The second kappa shape index (κ2) is 5.17. The van der Waals surface area contributed by atoms with Gasteiger partial charge >= 0.3 is 5.97 Å². The lowest BCUT2D eigenvalue weighted by Gasteiger charge is -2.31. The van der Waals surface area contributed by atoms with E-state index in [1.54, 1.807) is 0 Å². The van der Waals surface area contributed by atoms with E-state index in [1.165, 1.54) is 39.2 Å². The van der Waals surface area contributed by atoms with Gasteiger partial charge < -0.3 is 4.74 Å². The van der Waals surface area contributed by atoms with E-state index in [-0.39, 0.29) is 11.9 Å². The van der Waals surface area contributed by atoms with Crippen LogP contribution in [0.5, 0.6) is 0 Å². The quantitative estimate of drug-likeness (QED) is 0.674. The highest BCUT2D eigenvalue weighted by molar-refractivity contribution is 5.73. The van der Waals surface area contributed by atoms with Crippen LogP contribution in [0.4, 0.5) is 0 Å². The zero-order valence-corrected chi connectivity index (χ0v) is 10.4. The number of carbonyl (C=O) groups is 1. The smallest absolute Gasteiger partial charge is 0.310 e. The van der Waals surface area contributed by atoms with Gasteiger partial charge in [-0.1, -0.05) is 26.2 Å². The number of likely N-dealkylation sites (tertiary alicyclic amines) is 1. The van der Waals surface area contributed by atoms with E-state index in [1.807, 2.05) is 0 Å². The van der Waals surface area contributed by atoms with Crippen LogP contribution in [0.2, 0.25) is 0 Å². The highest BCUT2D eigenvalue weighted by atomic mass is 16.5. The minimum absolute atomic E-state index is 0.0224.